The minimum Gasteiger partial charge on any atom is -0.456 e. The zero-order valence-corrected chi connectivity index (χ0v) is 12.8. The summed E-state index contributed by atoms with van der Waals surface area (Å²) < 4.78 is 5.87. The minimum atomic E-state index is 0.446. The minimum absolute atomic E-state index is 0.446. The van der Waals surface area contributed by atoms with E-state index in [0.717, 1.165) is 34.4 Å². The van der Waals surface area contributed by atoms with Crippen molar-refractivity contribution < 1.29 is 4.42 Å². The highest BCUT2D eigenvalue weighted by Gasteiger charge is 2.08. The Morgan fingerprint density at radius 2 is 2.05 bits per heavy atom. The lowest BCUT2D eigenvalue weighted by molar-refractivity contribution is 0.587. The van der Waals surface area contributed by atoms with Crippen LogP contribution in [-0.2, 0) is 6.54 Å². The number of furan rings is 1. The molecule has 108 valence electrons. The first-order chi connectivity index (χ1) is 10.1. The van der Waals surface area contributed by atoms with Crippen LogP contribution in [0.5, 0.6) is 0 Å². The number of halogens is 1. The Kier molecular flexibility index (Phi) is 3.95. The molecule has 0 radical (unpaired) electrons. The Morgan fingerprint density at radius 3 is 2.86 bits per heavy atom. The topological polar surface area (TPSA) is 38.1 Å². The maximum absolute atomic E-state index is 6.01. The van der Waals surface area contributed by atoms with Crippen LogP contribution in [0.1, 0.15) is 19.4 Å². The molecule has 0 spiro atoms. The monoisotopic (exact) mass is 300 g/mol. The zero-order chi connectivity index (χ0) is 14.8. The Balaban J connectivity index is 1.92. The lowest BCUT2D eigenvalue weighted by Gasteiger charge is -2.08. The number of pyridine rings is 1. The van der Waals surface area contributed by atoms with Gasteiger partial charge in [0.2, 0.25) is 0 Å². The van der Waals surface area contributed by atoms with Crippen LogP contribution in [0.25, 0.3) is 22.3 Å². The molecule has 0 atom stereocenters. The van der Waals surface area contributed by atoms with Crippen molar-refractivity contribution in [2.75, 3.05) is 0 Å². The second-order valence-electron chi connectivity index (χ2n) is 5.41. The van der Waals surface area contributed by atoms with E-state index in [9.17, 15) is 0 Å². The molecule has 0 aliphatic rings. The quantitative estimate of drug-likeness (QED) is 0.762. The number of aromatic nitrogens is 1. The molecule has 0 aliphatic carbocycles. The van der Waals surface area contributed by atoms with Crippen LogP contribution in [0.4, 0.5) is 0 Å². The first-order valence-electron chi connectivity index (χ1n) is 6.98. The highest BCUT2D eigenvalue weighted by molar-refractivity contribution is 6.31. The maximum Gasteiger partial charge on any atom is 0.136 e. The van der Waals surface area contributed by atoms with Crippen LogP contribution in [-0.4, -0.2) is 11.0 Å². The lowest BCUT2D eigenvalue weighted by atomic mass is 10.1. The van der Waals surface area contributed by atoms with Gasteiger partial charge in [-0.05, 0) is 35.9 Å². The Bertz CT molecular complexity index is 764. The van der Waals surface area contributed by atoms with Gasteiger partial charge in [0.15, 0.2) is 0 Å². The predicted molar refractivity (Wildman–Crippen MR) is 86.4 cm³/mol. The number of hydrogen-bond donors (Lipinski definition) is 1. The second-order valence-corrected chi connectivity index (χ2v) is 5.85. The van der Waals surface area contributed by atoms with Gasteiger partial charge in [-0.1, -0.05) is 25.4 Å². The van der Waals surface area contributed by atoms with Crippen molar-refractivity contribution in [2.45, 2.75) is 26.4 Å². The summed E-state index contributed by atoms with van der Waals surface area (Å²) in [6, 6.07) is 10.2. The normalized spacial score (nSPS) is 11.4. The third-order valence-corrected chi connectivity index (χ3v) is 3.51. The van der Waals surface area contributed by atoms with Crippen molar-refractivity contribution >= 4 is 22.6 Å². The van der Waals surface area contributed by atoms with Crippen molar-refractivity contribution in [2.24, 2.45) is 0 Å². The molecule has 3 nitrogen and oxygen atoms in total. The molecule has 1 aromatic carbocycles. The van der Waals surface area contributed by atoms with E-state index in [0.29, 0.717) is 11.1 Å². The molecule has 0 amide bonds. The third kappa shape index (κ3) is 3.26. The summed E-state index contributed by atoms with van der Waals surface area (Å²) in [5.41, 5.74) is 2.95. The summed E-state index contributed by atoms with van der Waals surface area (Å²) in [5.74, 6) is 0.811. The van der Waals surface area contributed by atoms with Gasteiger partial charge in [0.1, 0.15) is 11.3 Å². The van der Waals surface area contributed by atoms with Crippen LogP contribution < -0.4 is 5.32 Å². The van der Waals surface area contributed by atoms with Crippen molar-refractivity contribution in [1.29, 1.82) is 0 Å². The molecule has 3 rings (SSSR count). The van der Waals surface area contributed by atoms with E-state index >= 15 is 0 Å². The highest BCUT2D eigenvalue weighted by atomic mass is 35.5. The molecule has 0 saturated carbocycles. The van der Waals surface area contributed by atoms with E-state index in [1.807, 2.05) is 36.7 Å². The fourth-order valence-electron chi connectivity index (χ4n) is 2.20. The van der Waals surface area contributed by atoms with Crippen molar-refractivity contribution in [1.82, 2.24) is 10.3 Å². The molecule has 21 heavy (non-hydrogen) atoms. The van der Waals surface area contributed by atoms with Crippen molar-refractivity contribution in [3.05, 3.63) is 53.3 Å². The van der Waals surface area contributed by atoms with Crippen LogP contribution in [0.3, 0.4) is 0 Å². The van der Waals surface area contributed by atoms with Crippen molar-refractivity contribution in [3.63, 3.8) is 0 Å². The first-order valence-corrected chi connectivity index (χ1v) is 7.36. The molecule has 0 saturated heterocycles. The average Bonchev–Trinajstić information content (AvgIpc) is 2.88. The molecule has 0 bridgehead atoms. The molecule has 0 fully saturated rings. The van der Waals surface area contributed by atoms with Gasteiger partial charge in [-0.25, -0.2) is 0 Å². The number of benzene rings is 1. The van der Waals surface area contributed by atoms with Gasteiger partial charge in [0, 0.05) is 41.0 Å². The number of nitrogens with one attached hydrogen (secondary N) is 1. The zero-order valence-electron chi connectivity index (χ0n) is 12.1. The smallest absolute Gasteiger partial charge is 0.136 e. The van der Waals surface area contributed by atoms with E-state index in [1.54, 1.807) is 0 Å². The Labute approximate surface area is 128 Å². The highest BCUT2D eigenvalue weighted by Crippen LogP contribution is 2.29. The fraction of sp³-hybridized carbons (Fsp3) is 0.235. The summed E-state index contributed by atoms with van der Waals surface area (Å²) >= 11 is 6.01. The van der Waals surface area contributed by atoms with Crippen LogP contribution in [0.15, 0.2) is 47.1 Å². The average molecular weight is 301 g/mol. The van der Waals surface area contributed by atoms with Gasteiger partial charge in [0.25, 0.3) is 0 Å². The Hall–Kier alpha value is -1.84. The molecule has 2 aromatic heterocycles. The van der Waals surface area contributed by atoms with E-state index in [4.69, 9.17) is 16.0 Å². The van der Waals surface area contributed by atoms with Crippen molar-refractivity contribution in [3.8, 4) is 11.3 Å². The van der Waals surface area contributed by atoms with E-state index in [2.05, 4.69) is 30.2 Å². The molecule has 2 heterocycles. The summed E-state index contributed by atoms with van der Waals surface area (Å²) in [4.78, 5) is 4.30. The second kappa shape index (κ2) is 5.88. The number of nitrogens with zero attached hydrogens (tertiary/aromatic N) is 1. The predicted octanol–water partition coefficient (Wildman–Crippen LogP) is 4.65. The molecule has 1 N–H and O–H groups in total. The summed E-state index contributed by atoms with van der Waals surface area (Å²) in [6.45, 7) is 5.05. The van der Waals surface area contributed by atoms with Gasteiger partial charge >= 0.3 is 0 Å². The number of hydrogen-bond acceptors (Lipinski definition) is 3. The summed E-state index contributed by atoms with van der Waals surface area (Å²) in [5, 5.41) is 5.10. The molecule has 0 unspecified atom stereocenters. The van der Waals surface area contributed by atoms with Gasteiger partial charge in [-0.2, -0.15) is 0 Å². The standard InChI is InChI=1S/C17H17ClN2O/c1-11(2)20-9-12-5-14(10-19-8-12)17-7-13-6-15(18)3-4-16(13)21-17/h3-8,10-11,20H,9H2,1-2H3. The van der Waals surface area contributed by atoms with E-state index < -0.39 is 0 Å². The maximum atomic E-state index is 6.01. The fourth-order valence-corrected chi connectivity index (χ4v) is 2.38. The molecular formula is C17H17ClN2O. The first kappa shape index (κ1) is 14.1. The molecule has 0 aliphatic heterocycles. The number of fused-ring (bicyclic) bond motifs is 1. The van der Waals surface area contributed by atoms with Gasteiger partial charge in [-0.3, -0.25) is 4.98 Å². The SMILES string of the molecule is CC(C)NCc1cncc(-c2cc3cc(Cl)ccc3o2)c1. The largest absolute Gasteiger partial charge is 0.456 e. The summed E-state index contributed by atoms with van der Waals surface area (Å²) in [6.07, 6.45) is 3.69. The van der Waals surface area contributed by atoms with Gasteiger partial charge < -0.3 is 9.73 Å². The Morgan fingerprint density at radius 1 is 1.19 bits per heavy atom. The van der Waals surface area contributed by atoms with E-state index in [1.165, 1.54) is 0 Å². The molecular weight excluding hydrogens is 284 g/mol. The number of rotatable bonds is 4. The molecule has 3 aromatic rings. The van der Waals surface area contributed by atoms with E-state index in [-0.39, 0.29) is 0 Å². The summed E-state index contributed by atoms with van der Waals surface area (Å²) in [7, 11) is 0. The van der Waals surface area contributed by atoms with Gasteiger partial charge in [-0.15, -0.1) is 0 Å². The van der Waals surface area contributed by atoms with Crippen LogP contribution in [0.2, 0.25) is 5.02 Å². The molecule has 4 heteroatoms. The third-order valence-electron chi connectivity index (χ3n) is 3.27. The van der Waals surface area contributed by atoms with Crippen LogP contribution >= 0.6 is 11.6 Å². The van der Waals surface area contributed by atoms with Gasteiger partial charge in [0.05, 0.1) is 0 Å². The lowest BCUT2D eigenvalue weighted by Crippen LogP contribution is -2.21. The van der Waals surface area contributed by atoms with Crippen LogP contribution in [0, 0.1) is 0 Å².